The molecule has 158 valence electrons. The summed E-state index contributed by atoms with van der Waals surface area (Å²) in [6.07, 6.45) is 5.77. The Labute approximate surface area is 177 Å². The number of hydrogen-bond acceptors (Lipinski definition) is 5. The van der Waals surface area contributed by atoms with Crippen LogP contribution in [0.25, 0.3) is 10.2 Å². The zero-order chi connectivity index (χ0) is 20.6. The van der Waals surface area contributed by atoms with Crippen molar-refractivity contribution in [2.24, 2.45) is 17.3 Å². The van der Waals surface area contributed by atoms with E-state index in [1.54, 1.807) is 11.3 Å². The van der Waals surface area contributed by atoms with E-state index in [-0.39, 0.29) is 5.92 Å². The maximum atomic E-state index is 11.2. The summed E-state index contributed by atoms with van der Waals surface area (Å²) in [4.78, 5) is 18.1. The minimum Gasteiger partial charge on any atom is -0.490 e. The lowest BCUT2D eigenvalue weighted by molar-refractivity contribution is -0.141. The number of carboxylic acids is 1. The highest BCUT2D eigenvalue weighted by Crippen LogP contribution is 2.39. The number of likely N-dealkylation sites (tertiary alicyclic amines) is 1. The Morgan fingerprint density at radius 2 is 2.00 bits per heavy atom. The molecule has 2 aromatic rings. The van der Waals surface area contributed by atoms with Gasteiger partial charge in [0.15, 0.2) is 0 Å². The molecule has 29 heavy (non-hydrogen) atoms. The molecule has 1 N–H and O–H groups in total. The second-order valence-corrected chi connectivity index (χ2v) is 10.9. The summed E-state index contributed by atoms with van der Waals surface area (Å²) in [6, 6.07) is 6.24. The highest BCUT2D eigenvalue weighted by Gasteiger charge is 2.31. The number of rotatable bonds is 5. The largest absolute Gasteiger partial charge is 0.490 e. The molecule has 1 aliphatic carbocycles. The van der Waals surface area contributed by atoms with Crippen molar-refractivity contribution in [3.05, 3.63) is 23.2 Å². The van der Waals surface area contributed by atoms with Gasteiger partial charge in [0.25, 0.3) is 0 Å². The zero-order valence-electron chi connectivity index (χ0n) is 17.7. The molecule has 1 saturated carbocycles. The molecule has 0 spiro atoms. The van der Waals surface area contributed by atoms with E-state index in [9.17, 15) is 9.90 Å². The van der Waals surface area contributed by atoms with Crippen LogP contribution in [0.15, 0.2) is 18.2 Å². The van der Waals surface area contributed by atoms with Gasteiger partial charge in [-0.3, -0.25) is 9.69 Å². The van der Waals surface area contributed by atoms with Crippen LogP contribution in [0, 0.1) is 17.3 Å². The second kappa shape index (κ2) is 8.23. The van der Waals surface area contributed by atoms with Crippen molar-refractivity contribution in [1.29, 1.82) is 0 Å². The van der Waals surface area contributed by atoms with Gasteiger partial charge in [-0.15, -0.1) is 11.3 Å². The van der Waals surface area contributed by atoms with Gasteiger partial charge in [0, 0.05) is 12.6 Å². The van der Waals surface area contributed by atoms with E-state index in [4.69, 9.17) is 9.72 Å². The number of aliphatic carboxylic acids is 1. The topological polar surface area (TPSA) is 62.7 Å². The van der Waals surface area contributed by atoms with Crippen molar-refractivity contribution in [3.8, 4) is 5.75 Å². The number of thiazole rings is 1. The van der Waals surface area contributed by atoms with Crippen molar-refractivity contribution >= 4 is 27.5 Å². The fourth-order valence-electron chi connectivity index (χ4n) is 4.70. The lowest BCUT2D eigenvalue weighted by atomic mass is 9.72. The van der Waals surface area contributed by atoms with E-state index >= 15 is 0 Å². The van der Waals surface area contributed by atoms with E-state index in [0.29, 0.717) is 18.1 Å². The third kappa shape index (κ3) is 4.92. The Kier molecular flexibility index (Phi) is 5.85. The van der Waals surface area contributed by atoms with Crippen LogP contribution < -0.4 is 4.74 Å². The predicted octanol–water partition coefficient (Wildman–Crippen LogP) is 5.19. The van der Waals surface area contributed by atoms with Gasteiger partial charge < -0.3 is 9.84 Å². The smallest absolute Gasteiger partial charge is 0.307 e. The monoisotopic (exact) mass is 416 g/mol. The molecule has 5 nitrogen and oxygen atoms in total. The Bertz CT molecular complexity index is 865. The zero-order valence-corrected chi connectivity index (χ0v) is 18.5. The SMILES string of the molecule is CC(C)(C)C1CCC(Oc2ccc3sc(CN4CCC(C(=O)O)C4)nc3c2)CC1. The number of ether oxygens (including phenoxy) is 1. The number of aromatic nitrogens is 1. The lowest BCUT2D eigenvalue weighted by Gasteiger charge is -2.36. The summed E-state index contributed by atoms with van der Waals surface area (Å²) in [7, 11) is 0. The number of nitrogens with zero attached hydrogens (tertiary/aromatic N) is 2. The fraction of sp³-hybridized carbons (Fsp3) is 0.652. The molecule has 6 heteroatoms. The van der Waals surface area contributed by atoms with Gasteiger partial charge in [-0.25, -0.2) is 4.98 Å². The van der Waals surface area contributed by atoms with Gasteiger partial charge in [-0.2, -0.15) is 0 Å². The van der Waals surface area contributed by atoms with E-state index in [2.05, 4.69) is 43.9 Å². The second-order valence-electron chi connectivity index (χ2n) is 9.75. The molecule has 4 rings (SSSR count). The highest BCUT2D eigenvalue weighted by molar-refractivity contribution is 7.18. The molecule has 2 heterocycles. The Balaban J connectivity index is 1.36. The Morgan fingerprint density at radius 3 is 2.66 bits per heavy atom. The summed E-state index contributed by atoms with van der Waals surface area (Å²) in [6.45, 7) is 9.22. The van der Waals surface area contributed by atoms with Crippen LogP contribution in [0.2, 0.25) is 0 Å². The fourth-order valence-corrected chi connectivity index (χ4v) is 5.69. The minimum atomic E-state index is -0.685. The van der Waals surface area contributed by atoms with E-state index in [0.717, 1.165) is 59.2 Å². The molecular weight excluding hydrogens is 384 g/mol. The standard InChI is InChI=1S/C23H32N2O3S/c1-23(2,3)16-4-6-17(7-5-16)28-18-8-9-20-19(12-18)24-21(29-20)14-25-11-10-15(13-25)22(26)27/h8-9,12,15-17H,4-7,10-11,13-14H2,1-3H3,(H,26,27). The molecule has 1 aromatic carbocycles. The molecule has 1 unspecified atom stereocenters. The third-order valence-corrected chi connectivity index (χ3v) is 7.61. The number of benzene rings is 1. The number of carboxylic acid groups (broad SMARTS) is 1. The highest BCUT2D eigenvalue weighted by atomic mass is 32.1. The number of fused-ring (bicyclic) bond motifs is 1. The number of hydrogen-bond donors (Lipinski definition) is 1. The van der Waals surface area contributed by atoms with E-state index in [1.165, 1.54) is 12.8 Å². The molecule has 1 atom stereocenters. The molecule has 2 aliphatic rings. The molecule has 0 amide bonds. The molecular formula is C23H32N2O3S. The average Bonchev–Trinajstić information content (AvgIpc) is 3.28. The average molecular weight is 417 g/mol. The van der Waals surface area contributed by atoms with Crippen molar-refractivity contribution in [2.75, 3.05) is 13.1 Å². The van der Waals surface area contributed by atoms with Crippen molar-refractivity contribution < 1.29 is 14.6 Å². The van der Waals surface area contributed by atoms with Crippen LogP contribution >= 0.6 is 11.3 Å². The van der Waals surface area contributed by atoms with Crippen molar-refractivity contribution in [1.82, 2.24) is 9.88 Å². The molecule has 1 saturated heterocycles. The van der Waals surface area contributed by atoms with Crippen LogP contribution in [0.3, 0.4) is 0 Å². The molecule has 1 aromatic heterocycles. The van der Waals surface area contributed by atoms with Crippen LogP contribution in [0.1, 0.15) is 57.9 Å². The van der Waals surface area contributed by atoms with Crippen molar-refractivity contribution in [2.45, 2.75) is 65.5 Å². The summed E-state index contributed by atoms with van der Waals surface area (Å²) in [5.74, 6) is 0.783. The van der Waals surface area contributed by atoms with Gasteiger partial charge in [0.1, 0.15) is 10.8 Å². The normalized spacial score (nSPS) is 26.1. The van der Waals surface area contributed by atoms with E-state index in [1.807, 2.05) is 0 Å². The lowest BCUT2D eigenvalue weighted by Crippen LogP contribution is -2.30. The Hall–Kier alpha value is -1.66. The number of carbonyl (C=O) groups is 1. The van der Waals surface area contributed by atoms with Crippen molar-refractivity contribution in [3.63, 3.8) is 0 Å². The predicted molar refractivity (Wildman–Crippen MR) is 116 cm³/mol. The maximum Gasteiger partial charge on any atom is 0.307 e. The van der Waals surface area contributed by atoms with Crippen LogP contribution in [0.4, 0.5) is 0 Å². The third-order valence-electron chi connectivity index (χ3n) is 6.59. The molecule has 2 fully saturated rings. The summed E-state index contributed by atoms with van der Waals surface area (Å²) in [5.41, 5.74) is 1.38. The maximum absolute atomic E-state index is 11.2. The first-order valence-corrected chi connectivity index (χ1v) is 11.6. The summed E-state index contributed by atoms with van der Waals surface area (Å²) < 4.78 is 7.46. The minimum absolute atomic E-state index is 0.238. The van der Waals surface area contributed by atoms with Gasteiger partial charge in [0.2, 0.25) is 0 Å². The first-order valence-electron chi connectivity index (χ1n) is 10.8. The van der Waals surface area contributed by atoms with E-state index < -0.39 is 5.97 Å². The first kappa shape index (κ1) is 20.6. The van der Waals surface area contributed by atoms with Gasteiger partial charge in [-0.05, 0) is 62.1 Å². The first-order chi connectivity index (χ1) is 13.8. The van der Waals surface area contributed by atoms with Crippen LogP contribution in [-0.2, 0) is 11.3 Å². The molecule has 0 radical (unpaired) electrons. The molecule has 1 aliphatic heterocycles. The quantitative estimate of drug-likeness (QED) is 0.727. The van der Waals surface area contributed by atoms with Gasteiger partial charge >= 0.3 is 5.97 Å². The molecule has 0 bridgehead atoms. The van der Waals surface area contributed by atoms with Gasteiger partial charge in [0.05, 0.1) is 28.8 Å². The summed E-state index contributed by atoms with van der Waals surface area (Å²) in [5, 5.41) is 10.2. The van der Waals surface area contributed by atoms with Crippen LogP contribution in [-0.4, -0.2) is 40.2 Å². The summed E-state index contributed by atoms with van der Waals surface area (Å²) >= 11 is 1.70. The Morgan fingerprint density at radius 1 is 1.24 bits per heavy atom. The van der Waals surface area contributed by atoms with Crippen LogP contribution in [0.5, 0.6) is 5.75 Å². The van der Waals surface area contributed by atoms with Gasteiger partial charge in [-0.1, -0.05) is 20.8 Å².